The van der Waals surface area contributed by atoms with Crippen molar-refractivity contribution in [3.63, 3.8) is 0 Å². The van der Waals surface area contributed by atoms with E-state index in [1.165, 1.54) is 0 Å². The molecule has 1 rings (SSSR count). The fourth-order valence-corrected chi connectivity index (χ4v) is 1.30. The molecule has 1 N–H and O–H groups in total. The van der Waals surface area contributed by atoms with Crippen molar-refractivity contribution in [2.24, 2.45) is 0 Å². The molecule has 0 bridgehead atoms. The van der Waals surface area contributed by atoms with E-state index >= 15 is 0 Å². The largest absolute Gasteiger partial charge is 0.385 e. The average molecular weight is 213 g/mol. The number of aryl methyl sites for hydroxylation is 1. The van der Waals surface area contributed by atoms with Gasteiger partial charge in [-0.15, -0.1) is 0 Å². The van der Waals surface area contributed by atoms with Crippen LogP contribution in [0.25, 0.3) is 0 Å². The standard InChI is InChI=1S/C10H19N3O2/c1-14-8-3-6-13-7-4-11-10(13)12-5-9-15-2/h4,7H,3,5-6,8-9H2,1-2H3,(H,11,12). The summed E-state index contributed by atoms with van der Waals surface area (Å²) in [6.45, 7) is 3.15. The molecule has 0 atom stereocenters. The van der Waals surface area contributed by atoms with Crippen molar-refractivity contribution in [3.8, 4) is 0 Å². The third-order valence-electron chi connectivity index (χ3n) is 2.05. The minimum absolute atomic E-state index is 0.685. The Labute approximate surface area is 90.4 Å². The lowest BCUT2D eigenvalue weighted by Gasteiger charge is -2.08. The summed E-state index contributed by atoms with van der Waals surface area (Å²) in [6, 6.07) is 0. The summed E-state index contributed by atoms with van der Waals surface area (Å²) in [7, 11) is 3.40. The van der Waals surface area contributed by atoms with E-state index in [-0.39, 0.29) is 0 Å². The summed E-state index contributed by atoms with van der Waals surface area (Å²) >= 11 is 0. The van der Waals surface area contributed by atoms with E-state index in [4.69, 9.17) is 9.47 Å². The molecule has 1 heterocycles. The first-order valence-electron chi connectivity index (χ1n) is 5.11. The molecule has 0 saturated heterocycles. The average Bonchev–Trinajstić information content (AvgIpc) is 2.67. The second-order valence-electron chi connectivity index (χ2n) is 3.21. The number of methoxy groups -OCH3 is 2. The number of nitrogens with zero attached hydrogens (tertiary/aromatic N) is 2. The molecule has 1 aromatic rings. The van der Waals surface area contributed by atoms with Gasteiger partial charge in [0.1, 0.15) is 0 Å². The van der Waals surface area contributed by atoms with Crippen LogP contribution in [0.1, 0.15) is 6.42 Å². The second-order valence-corrected chi connectivity index (χ2v) is 3.21. The van der Waals surface area contributed by atoms with Gasteiger partial charge in [-0.1, -0.05) is 0 Å². The Kier molecular flexibility index (Phi) is 5.80. The SMILES string of the molecule is COCCCn1ccnc1NCCOC. The van der Waals surface area contributed by atoms with Crippen LogP contribution in [0.15, 0.2) is 12.4 Å². The van der Waals surface area contributed by atoms with Gasteiger partial charge in [0.2, 0.25) is 5.95 Å². The third-order valence-corrected chi connectivity index (χ3v) is 2.05. The minimum Gasteiger partial charge on any atom is -0.385 e. The maximum absolute atomic E-state index is 5.00. The van der Waals surface area contributed by atoms with Crippen LogP contribution in [-0.2, 0) is 16.0 Å². The molecular weight excluding hydrogens is 194 g/mol. The smallest absolute Gasteiger partial charge is 0.202 e. The molecule has 5 nitrogen and oxygen atoms in total. The number of anilines is 1. The van der Waals surface area contributed by atoms with E-state index in [0.717, 1.165) is 32.1 Å². The summed E-state index contributed by atoms with van der Waals surface area (Å²) in [4.78, 5) is 4.22. The lowest BCUT2D eigenvalue weighted by atomic mass is 10.4. The van der Waals surface area contributed by atoms with Crippen LogP contribution < -0.4 is 5.32 Å². The number of ether oxygens (including phenoxy) is 2. The molecule has 0 unspecified atom stereocenters. The Bertz CT molecular complexity index is 238. The van der Waals surface area contributed by atoms with E-state index in [0.29, 0.717) is 6.61 Å². The van der Waals surface area contributed by atoms with Crippen molar-refractivity contribution in [1.82, 2.24) is 9.55 Å². The molecule has 0 radical (unpaired) electrons. The molecule has 15 heavy (non-hydrogen) atoms. The Morgan fingerprint density at radius 2 is 2.13 bits per heavy atom. The molecule has 0 saturated carbocycles. The Morgan fingerprint density at radius 3 is 2.87 bits per heavy atom. The summed E-state index contributed by atoms with van der Waals surface area (Å²) in [5.41, 5.74) is 0. The highest BCUT2D eigenvalue weighted by molar-refractivity contribution is 5.25. The zero-order valence-electron chi connectivity index (χ0n) is 9.40. The van der Waals surface area contributed by atoms with E-state index in [1.807, 2.05) is 6.20 Å². The van der Waals surface area contributed by atoms with Crippen LogP contribution >= 0.6 is 0 Å². The topological polar surface area (TPSA) is 48.3 Å². The number of hydrogen-bond donors (Lipinski definition) is 1. The van der Waals surface area contributed by atoms with Gasteiger partial charge in [-0.2, -0.15) is 0 Å². The van der Waals surface area contributed by atoms with Crippen LogP contribution in [0, 0.1) is 0 Å². The quantitative estimate of drug-likeness (QED) is 0.654. The normalized spacial score (nSPS) is 10.5. The molecule has 0 amide bonds. The van der Waals surface area contributed by atoms with Gasteiger partial charge in [0.15, 0.2) is 0 Å². The van der Waals surface area contributed by atoms with E-state index in [9.17, 15) is 0 Å². The lowest BCUT2D eigenvalue weighted by Crippen LogP contribution is -2.12. The van der Waals surface area contributed by atoms with Crippen LogP contribution in [0.5, 0.6) is 0 Å². The third kappa shape index (κ3) is 4.31. The molecule has 0 aromatic carbocycles. The summed E-state index contributed by atoms with van der Waals surface area (Å²) in [5, 5.41) is 3.21. The molecule has 5 heteroatoms. The molecule has 1 aromatic heterocycles. The van der Waals surface area contributed by atoms with Gasteiger partial charge in [-0.05, 0) is 6.42 Å². The number of hydrogen-bond acceptors (Lipinski definition) is 4. The van der Waals surface area contributed by atoms with E-state index < -0.39 is 0 Å². The van der Waals surface area contributed by atoms with Gasteiger partial charge in [0.05, 0.1) is 6.61 Å². The fourth-order valence-electron chi connectivity index (χ4n) is 1.30. The first-order valence-corrected chi connectivity index (χ1v) is 5.11. The first-order chi connectivity index (χ1) is 7.38. The van der Waals surface area contributed by atoms with Gasteiger partial charge in [-0.25, -0.2) is 4.98 Å². The lowest BCUT2D eigenvalue weighted by molar-refractivity contribution is 0.190. The van der Waals surface area contributed by atoms with Crippen molar-refractivity contribution in [3.05, 3.63) is 12.4 Å². The molecule has 0 aliphatic heterocycles. The monoisotopic (exact) mass is 213 g/mol. The predicted molar refractivity (Wildman–Crippen MR) is 59.1 cm³/mol. The van der Waals surface area contributed by atoms with E-state index in [2.05, 4.69) is 14.9 Å². The van der Waals surface area contributed by atoms with Gasteiger partial charge >= 0.3 is 0 Å². The highest BCUT2D eigenvalue weighted by atomic mass is 16.5. The molecule has 0 aliphatic carbocycles. The van der Waals surface area contributed by atoms with Crippen molar-refractivity contribution < 1.29 is 9.47 Å². The molecule has 0 fully saturated rings. The summed E-state index contributed by atoms with van der Waals surface area (Å²) < 4.78 is 12.0. The zero-order chi connectivity index (χ0) is 10.9. The summed E-state index contributed by atoms with van der Waals surface area (Å²) in [6.07, 6.45) is 4.75. The Balaban J connectivity index is 2.32. The molecule has 0 spiro atoms. The zero-order valence-corrected chi connectivity index (χ0v) is 9.40. The summed E-state index contributed by atoms with van der Waals surface area (Å²) in [5.74, 6) is 0.892. The first kappa shape index (κ1) is 12.0. The van der Waals surface area contributed by atoms with Crippen molar-refractivity contribution in [2.45, 2.75) is 13.0 Å². The molecule has 0 aliphatic rings. The fraction of sp³-hybridized carbons (Fsp3) is 0.700. The maximum Gasteiger partial charge on any atom is 0.202 e. The Morgan fingerprint density at radius 1 is 1.33 bits per heavy atom. The minimum atomic E-state index is 0.685. The molecule has 86 valence electrons. The maximum atomic E-state index is 5.00. The van der Waals surface area contributed by atoms with Crippen LogP contribution in [0.4, 0.5) is 5.95 Å². The van der Waals surface area contributed by atoms with Gasteiger partial charge in [0.25, 0.3) is 0 Å². The number of nitrogens with one attached hydrogen (secondary N) is 1. The van der Waals surface area contributed by atoms with Crippen molar-refractivity contribution in [1.29, 1.82) is 0 Å². The van der Waals surface area contributed by atoms with Gasteiger partial charge in [-0.3, -0.25) is 0 Å². The van der Waals surface area contributed by atoms with Crippen molar-refractivity contribution in [2.75, 3.05) is 39.3 Å². The molecular formula is C10H19N3O2. The van der Waals surface area contributed by atoms with Gasteiger partial charge in [0, 0.05) is 46.3 Å². The second kappa shape index (κ2) is 7.25. The highest BCUT2D eigenvalue weighted by Gasteiger charge is 2.00. The number of aromatic nitrogens is 2. The Hall–Kier alpha value is -1.07. The van der Waals surface area contributed by atoms with Crippen LogP contribution in [-0.4, -0.2) is 43.5 Å². The van der Waals surface area contributed by atoms with Crippen molar-refractivity contribution >= 4 is 5.95 Å². The van der Waals surface area contributed by atoms with Gasteiger partial charge < -0.3 is 19.4 Å². The predicted octanol–water partition coefficient (Wildman–Crippen LogP) is 0.978. The van der Waals surface area contributed by atoms with E-state index in [1.54, 1.807) is 20.4 Å². The highest BCUT2D eigenvalue weighted by Crippen LogP contribution is 2.04. The van der Waals surface area contributed by atoms with Crippen LogP contribution in [0.3, 0.4) is 0 Å². The number of imidazole rings is 1. The number of rotatable bonds is 8. The van der Waals surface area contributed by atoms with Crippen LogP contribution in [0.2, 0.25) is 0 Å².